The van der Waals surface area contributed by atoms with Crippen molar-refractivity contribution in [3.63, 3.8) is 0 Å². The summed E-state index contributed by atoms with van der Waals surface area (Å²) in [5.74, 6) is 0. The molecule has 1 unspecified atom stereocenters. The van der Waals surface area contributed by atoms with E-state index in [0.29, 0.717) is 6.04 Å². The van der Waals surface area contributed by atoms with Crippen LogP contribution in [0.5, 0.6) is 0 Å². The molecule has 2 nitrogen and oxygen atoms in total. The smallest absolute Gasteiger partial charge is 0.0897 e. The average molecular weight is 208 g/mol. The van der Waals surface area contributed by atoms with E-state index in [1.54, 1.807) is 11.3 Å². The molecular formula is C11H16N2S. The predicted molar refractivity (Wildman–Crippen MR) is 60.5 cm³/mol. The van der Waals surface area contributed by atoms with Crippen molar-refractivity contribution in [3.8, 4) is 0 Å². The van der Waals surface area contributed by atoms with Crippen LogP contribution < -0.4 is 5.73 Å². The maximum absolute atomic E-state index is 5.84. The zero-order valence-corrected chi connectivity index (χ0v) is 9.31. The second-order valence-electron chi connectivity index (χ2n) is 3.93. The van der Waals surface area contributed by atoms with Gasteiger partial charge >= 0.3 is 0 Å². The number of aromatic nitrogens is 1. The molecule has 2 N–H and O–H groups in total. The Morgan fingerprint density at radius 1 is 1.64 bits per heavy atom. The summed E-state index contributed by atoms with van der Waals surface area (Å²) in [6, 6.07) is 0.385. The lowest BCUT2D eigenvalue weighted by Crippen LogP contribution is -2.22. The van der Waals surface area contributed by atoms with Crippen LogP contribution in [0, 0.1) is 6.92 Å². The van der Waals surface area contributed by atoms with Crippen molar-refractivity contribution in [2.45, 2.75) is 38.6 Å². The highest BCUT2D eigenvalue weighted by Gasteiger charge is 2.11. The molecule has 0 fully saturated rings. The highest BCUT2D eigenvalue weighted by molar-refractivity contribution is 7.09. The number of allylic oxidation sites excluding steroid dienone is 1. The van der Waals surface area contributed by atoms with Crippen LogP contribution in [-0.4, -0.2) is 11.0 Å². The molecule has 3 heteroatoms. The summed E-state index contributed by atoms with van der Waals surface area (Å²) < 4.78 is 0. The van der Waals surface area contributed by atoms with Crippen LogP contribution in [0.15, 0.2) is 17.0 Å². The van der Waals surface area contributed by atoms with Gasteiger partial charge in [-0.1, -0.05) is 11.6 Å². The minimum Gasteiger partial charge on any atom is -0.327 e. The molecule has 1 aromatic rings. The van der Waals surface area contributed by atoms with Gasteiger partial charge in [-0.15, -0.1) is 11.3 Å². The van der Waals surface area contributed by atoms with E-state index in [1.165, 1.54) is 11.3 Å². The minimum atomic E-state index is 0.385. The Labute approximate surface area is 88.9 Å². The lowest BCUT2D eigenvalue weighted by atomic mass is 9.93. The Bertz CT molecular complexity index is 341. The Morgan fingerprint density at radius 3 is 3.07 bits per heavy atom. The lowest BCUT2D eigenvalue weighted by molar-refractivity contribution is 0.583. The van der Waals surface area contributed by atoms with Gasteiger partial charge in [0.1, 0.15) is 0 Å². The molecule has 0 aromatic carbocycles. The van der Waals surface area contributed by atoms with E-state index >= 15 is 0 Å². The van der Waals surface area contributed by atoms with Gasteiger partial charge in [-0.05, 0) is 26.2 Å². The number of aryl methyl sites for hydroxylation is 1. The molecule has 0 aliphatic heterocycles. The van der Waals surface area contributed by atoms with Gasteiger partial charge in [0.15, 0.2) is 0 Å². The molecule has 0 spiro atoms. The molecule has 1 aromatic heterocycles. The second kappa shape index (κ2) is 4.24. The third-order valence-electron chi connectivity index (χ3n) is 2.62. The van der Waals surface area contributed by atoms with E-state index in [0.717, 1.165) is 30.7 Å². The van der Waals surface area contributed by atoms with E-state index in [9.17, 15) is 0 Å². The number of thiazole rings is 1. The van der Waals surface area contributed by atoms with E-state index in [1.807, 2.05) is 0 Å². The Morgan fingerprint density at radius 2 is 2.50 bits per heavy atom. The fourth-order valence-corrected chi connectivity index (χ4v) is 2.40. The molecule has 0 radical (unpaired) electrons. The Kier molecular flexibility index (Phi) is 2.99. The van der Waals surface area contributed by atoms with Crippen LogP contribution in [0.4, 0.5) is 0 Å². The molecule has 0 bridgehead atoms. The summed E-state index contributed by atoms with van der Waals surface area (Å²) in [5, 5.41) is 3.32. The predicted octanol–water partition coefficient (Wildman–Crippen LogP) is 2.43. The largest absolute Gasteiger partial charge is 0.327 e. The molecule has 1 heterocycles. The van der Waals surface area contributed by atoms with Crippen molar-refractivity contribution in [2.75, 3.05) is 0 Å². The molecule has 1 aliphatic carbocycles. The Hall–Kier alpha value is -0.670. The molecule has 2 rings (SSSR count). The SMILES string of the molecule is Cc1nc(CC2=CCC(N)CC2)cs1. The van der Waals surface area contributed by atoms with E-state index in [4.69, 9.17) is 5.73 Å². The maximum Gasteiger partial charge on any atom is 0.0897 e. The summed E-state index contributed by atoms with van der Waals surface area (Å²) in [6.07, 6.45) is 6.64. The van der Waals surface area contributed by atoms with Gasteiger partial charge in [0, 0.05) is 17.8 Å². The molecule has 0 amide bonds. The van der Waals surface area contributed by atoms with Gasteiger partial charge in [-0.2, -0.15) is 0 Å². The normalized spacial score (nSPS) is 22.1. The van der Waals surface area contributed by atoms with Crippen LogP contribution in [0.1, 0.15) is 30.0 Å². The standard InChI is InChI=1S/C11H16N2S/c1-8-13-11(7-14-8)6-9-2-4-10(12)5-3-9/h2,7,10H,3-6,12H2,1H3. The molecule has 1 atom stereocenters. The van der Waals surface area contributed by atoms with Crippen molar-refractivity contribution in [1.29, 1.82) is 0 Å². The molecule has 76 valence electrons. The van der Waals surface area contributed by atoms with Gasteiger partial charge in [0.05, 0.1) is 10.7 Å². The van der Waals surface area contributed by atoms with Gasteiger partial charge < -0.3 is 5.73 Å². The fourth-order valence-electron chi connectivity index (χ4n) is 1.79. The van der Waals surface area contributed by atoms with Crippen molar-refractivity contribution < 1.29 is 0 Å². The summed E-state index contributed by atoms with van der Waals surface area (Å²) in [5.41, 5.74) is 8.56. The first-order chi connectivity index (χ1) is 6.74. The van der Waals surface area contributed by atoms with Gasteiger partial charge in [-0.25, -0.2) is 4.98 Å². The summed E-state index contributed by atoms with van der Waals surface area (Å²) >= 11 is 1.73. The molecule has 0 saturated carbocycles. The minimum absolute atomic E-state index is 0.385. The van der Waals surface area contributed by atoms with E-state index < -0.39 is 0 Å². The third kappa shape index (κ3) is 2.42. The quantitative estimate of drug-likeness (QED) is 0.758. The van der Waals surface area contributed by atoms with Crippen molar-refractivity contribution in [3.05, 3.63) is 27.7 Å². The number of hydrogen-bond acceptors (Lipinski definition) is 3. The van der Waals surface area contributed by atoms with E-state index in [-0.39, 0.29) is 0 Å². The summed E-state index contributed by atoms with van der Waals surface area (Å²) in [4.78, 5) is 4.47. The molecule has 0 saturated heterocycles. The lowest BCUT2D eigenvalue weighted by Gasteiger charge is -2.17. The van der Waals surface area contributed by atoms with Gasteiger partial charge in [0.2, 0.25) is 0 Å². The topological polar surface area (TPSA) is 38.9 Å². The highest BCUT2D eigenvalue weighted by Crippen LogP contribution is 2.21. The highest BCUT2D eigenvalue weighted by atomic mass is 32.1. The molecule has 1 aliphatic rings. The maximum atomic E-state index is 5.84. The number of rotatable bonds is 2. The monoisotopic (exact) mass is 208 g/mol. The summed E-state index contributed by atoms with van der Waals surface area (Å²) in [7, 11) is 0. The van der Waals surface area contributed by atoms with Crippen molar-refractivity contribution >= 4 is 11.3 Å². The van der Waals surface area contributed by atoms with Crippen LogP contribution >= 0.6 is 11.3 Å². The number of hydrogen-bond donors (Lipinski definition) is 1. The summed E-state index contributed by atoms with van der Waals surface area (Å²) in [6.45, 7) is 2.05. The van der Waals surface area contributed by atoms with Crippen LogP contribution in [0.2, 0.25) is 0 Å². The zero-order chi connectivity index (χ0) is 9.97. The first kappa shape index (κ1) is 9.87. The molecule has 14 heavy (non-hydrogen) atoms. The van der Waals surface area contributed by atoms with Gasteiger partial charge in [-0.3, -0.25) is 0 Å². The fraction of sp³-hybridized carbons (Fsp3) is 0.545. The average Bonchev–Trinajstić information content (AvgIpc) is 2.56. The van der Waals surface area contributed by atoms with Crippen LogP contribution in [0.3, 0.4) is 0 Å². The van der Waals surface area contributed by atoms with Gasteiger partial charge in [0.25, 0.3) is 0 Å². The third-order valence-corrected chi connectivity index (χ3v) is 3.44. The van der Waals surface area contributed by atoms with Crippen molar-refractivity contribution in [2.24, 2.45) is 5.73 Å². The van der Waals surface area contributed by atoms with Crippen molar-refractivity contribution in [1.82, 2.24) is 4.98 Å². The van der Waals surface area contributed by atoms with Crippen LogP contribution in [-0.2, 0) is 6.42 Å². The number of nitrogens with zero attached hydrogens (tertiary/aromatic N) is 1. The van der Waals surface area contributed by atoms with Crippen LogP contribution in [0.25, 0.3) is 0 Å². The Balaban J connectivity index is 1.98. The first-order valence-corrected chi connectivity index (χ1v) is 5.96. The number of nitrogens with two attached hydrogens (primary N) is 1. The zero-order valence-electron chi connectivity index (χ0n) is 8.49. The molecular weight excluding hydrogens is 192 g/mol. The van der Waals surface area contributed by atoms with E-state index in [2.05, 4.69) is 23.4 Å². The first-order valence-electron chi connectivity index (χ1n) is 5.08. The second-order valence-corrected chi connectivity index (χ2v) is 4.99.